The molecule has 18 heavy (non-hydrogen) atoms. The van der Waals surface area contributed by atoms with E-state index in [2.05, 4.69) is 41.0 Å². The largest absolute Gasteiger partial charge is 0.360 e. The molecular formula is C15H15N3. The normalized spacial score (nSPS) is 16.6. The molecular weight excluding hydrogens is 222 g/mol. The van der Waals surface area contributed by atoms with Gasteiger partial charge in [0.1, 0.15) is 0 Å². The van der Waals surface area contributed by atoms with Gasteiger partial charge in [-0.25, -0.2) is 4.99 Å². The summed E-state index contributed by atoms with van der Waals surface area (Å²) in [5.74, 6) is 0. The highest BCUT2D eigenvalue weighted by molar-refractivity contribution is 6.10. The summed E-state index contributed by atoms with van der Waals surface area (Å²) < 4.78 is 0. The van der Waals surface area contributed by atoms with Crippen molar-refractivity contribution >= 4 is 11.8 Å². The van der Waals surface area contributed by atoms with Crippen molar-refractivity contribution in [3.05, 3.63) is 64.9 Å². The highest BCUT2D eigenvalue weighted by Crippen LogP contribution is 2.18. The van der Waals surface area contributed by atoms with Crippen LogP contribution in [0.15, 0.2) is 47.2 Å². The minimum Gasteiger partial charge on any atom is -0.360 e. The van der Waals surface area contributed by atoms with E-state index in [9.17, 15) is 0 Å². The molecule has 0 saturated carbocycles. The molecule has 0 aromatic carbocycles. The summed E-state index contributed by atoms with van der Waals surface area (Å²) in [5.41, 5.74) is 6.56. The molecule has 1 aliphatic heterocycles. The first-order valence-electron chi connectivity index (χ1n) is 6.01. The Balaban J connectivity index is 1.92. The van der Waals surface area contributed by atoms with E-state index in [1.807, 2.05) is 30.5 Å². The van der Waals surface area contributed by atoms with Crippen molar-refractivity contribution in [1.29, 1.82) is 0 Å². The zero-order valence-electron chi connectivity index (χ0n) is 10.5. The van der Waals surface area contributed by atoms with Gasteiger partial charge in [-0.2, -0.15) is 0 Å². The number of aryl methyl sites for hydroxylation is 2. The first-order chi connectivity index (χ1) is 8.72. The van der Waals surface area contributed by atoms with E-state index in [1.54, 1.807) is 0 Å². The molecule has 3 heterocycles. The van der Waals surface area contributed by atoms with Gasteiger partial charge < -0.3 is 9.97 Å². The first kappa shape index (κ1) is 10.8. The zero-order chi connectivity index (χ0) is 12.5. The Morgan fingerprint density at radius 2 is 2.11 bits per heavy atom. The zero-order valence-corrected chi connectivity index (χ0v) is 10.5. The fraction of sp³-hybridized carbons (Fsp3) is 0.133. The minimum atomic E-state index is 0.976. The Labute approximate surface area is 106 Å². The van der Waals surface area contributed by atoms with Crippen molar-refractivity contribution in [2.45, 2.75) is 13.8 Å². The molecule has 0 bridgehead atoms. The average molecular weight is 237 g/mol. The third-order valence-corrected chi connectivity index (χ3v) is 3.02. The number of allylic oxidation sites excluding steroid dienone is 2. The maximum Gasteiger partial charge on any atom is 0.0872 e. The summed E-state index contributed by atoms with van der Waals surface area (Å²) in [6, 6.07) is 6.14. The van der Waals surface area contributed by atoms with Crippen LogP contribution in [0.3, 0.4) is 0 Å². The summed E-state index contributed by atoms with van der Waals surface area (Å²) in [6.07, 6.45) is 8.05. The smallest absolute Gasteiger partial charge is 0.0872 e. The van der Waals surface area contributed by atoms with Crippen LogP contribution in [0.25, 0.3) is 6.08 Å². The molecule has 0 aliphatic carbocycles. The van der Waals surface area contributed by atoms with Crippen LogP contribution < -0.4 is 0 Å². The van der Waals surface area contributed by atoms with Crippen LogP contribution in [-0.4, -0.2) is 15.7 Å². The summed E-state index contributed by atoms with van der Waals surface area (Å²) in [6.45, 7) is 4.16. The molecule has 90 valence electrons. The second-order valence-corrected chi connectivity index (χ2v) is 4.53. The maximum absolute atomic E-state index is 4.59. The summed E-state index contributed by atoms with van der Waals surface area (Å²) in [4.78, 5) is 11.1. The molecule has 3 heteroatoms. The number of hydrogen-bond acceptors (Lipinski definition) is 1. The highest BCUT2D eigenvalue weighted by Gasteiger charge is 2.08. The fourth-order valence-corrected chi connectivity index (χ4v) is 2.15. The third kappa shape index (κ3) is 1.95. The van der Waals surface area contributed by atoms with Gasteiger partial charge in [0.15, 0.2) is 0 Å². The quantitative estimate of drug-likeness (QED) is 0.804. The van der Waals surface area contributed by atoms with Gasteiger partial charge in [0.25, 0.3) is 0 Å². The number of aliphatic imine (C=N–C) groups is 1. The topological polar surface area (TPSA) is 43.9 Å². The number of hydrogen-bond donors (Lipinski definition) is 2. The lowest BCUT2D eigenvalue weighted by Crippen LogP contribution is -1.92. The Kier molecular flexibility index (Phi) is 2.52. The van der Waals surface area contributed by atoms with Gasteiger partial charge in [0.2, 0.25) is 0 Å². The number of rotatable bonds is 2. The standard InChI is InChI=1S/C15H15N3/c1-10-8-11(2)17-15(10)9-12-5-6-14(18-12)13-4-3-7-16-13/h3-9,16-17H,1-2H3/b12-9-. The van der Waals surface area contributed by atoms with Crippen molar-refractivity contribution in [1.82, 2.24) is 9.97 Å². The average Bonchev–Trinajstić information content (AvgIpc) is 3.02. The van der Waals surface area contributed by atoms with E-state index < -0.39 is 0 Å². The summed E-state index contributed by atoms with van der Waals surface area (Å²) in [7, 11) is 0. The van der Waals surface area contributed by atoms with Gasteiger partial charge in [-0.15, -0.1) is 0 Å². The molecule has 3 nitrogen and oxygen atoms in total. The molecule has 1 aliphatic rings. The number of nitrogens with one attached hydrogen (secondary N) is 2. The summed E-state index contributed by atoms with van der Waals surface area (Å²) >= 11 is 0. The van der Waals surface area contributed by atoms with Crippen molar-refractivity contribution in [2.24, 2.45) is 4.99 Å². The van der Waals surface area contributed by atoms with Crippen molar-refractivity contribution in [3.8, 4) is 0 Å². The second-order valence-electron chi connectivity index (χ2n) is 4.53. The SMILES string of the molecule is Cc1cc(C)c(/C=C2/C=CC(c3ccc[nH]3)=N2)[nH]1. The number of aromatic amines is 2. The van der Waals surface area contributed by atoms with Gasteiger partial charge in [-0.3, -0.25) is 0 Å². The van der Waals surface area contributed by atoms with Crippen molar-refractivity contribution in [3.63, 3.8) is 0 Å². The van der Waals surface area contributed by atoms with E-state index in [1.165, 1.54) is 11.3 Å². The monoisotopic (exact) mass is 237 g/mol. The van der Waals surface area contributed by atoms with E-state index in [0.717, 1.165) is 22.8 Å². The molecule has 2 aromatic heterocycles. The van der Waals surface area contributed by atoms with E-state index in [4.69, 9.17) is 0 Å². The van der Waals surface area contributed by atoms with Crippen LogP contribution >= 0.6 is 0 Å². The number of nitrogens with zero attached hydrogens (tertiary/aromatic N) is 1. The Morgan fingerprint density at radius 1 is 1.22 bits per heavy atom. The van der Waals surface area contributed by atoms with Crippen LogP contribution in [-0.2, 0) is 0 Å². The molecule has 0 amide bonds. The van der Waals surface area contributed by atoms with Gasteiger partial charge in [0.05, 0.1) is 17.1 Å². The lowest BCUT2D eigenvalue weighted by Gasteiger charge is -1.94. The van der Waals surface area contributed by atoms with Crippen LogP contribution in [0.5, 0.6) is 0 Å². The van der Waals surface area contributed by atoms with Crippen LogP contribution in [0.1, 0.15) is 22.6 Å². The van der Waals surface area contributed by atoms with Crippen LogP contribution in [0.4, 0.5) is 0 Å². The van der Waals surface area contributed by atoms with Gasteiger partial charge in [-0.05, 0) is 55.8 Å². The summed E-state index contributed by atoms with van der Waals surface area (Å²) in [5, 5.41) is 0. The second kappa shape index (κ2) is 4.18. The third-order valence-electron chi connectivity index (χ3n) is 3.02. The molecule has 0 unspecified atom stereocenters. The van der Waals surface area contributed by atoms with Crippen LogP contribution in [0.2, 0.25) is 0 Å². The van der Waals surface area contributed by atoms with Gasteiger partial charge >= 0.3 is 0 Å². The number of aromatic nitrogens is 2. The molecule has 0 atom stereocenters. The first-order valence-corrected chi connectivity index (χ1v) is 6.01. The molecule has 0 radical (unpaired) electrons. The van der Waals surface area contributed by atoms with Crippen molar-refractivity contribution in [2.75, 3.05) is 0 Å². The van der Waals surface area contributed by atoms with E-state index >= 15 is 0 Å². The van der Waals surface area contributed by atoms with E-state index in [0.29, 0.717) is 0 Å². The van der Waals surface area contributed by atoms with Crippen LogP contribution in [0, 0.1) is 13.8 Å². The van der Waals surface area contributed by atoms with Gasteiger partial charge in [-0.1, -0.05) is 0 Å². The van der Waals surface area contributed by atoms with Crippen molar-refractivity contribution < 1.29 is 0 Å². The molecule has 3 rings (SSSR count). The van der Waals surface area contributed by atoms with Gasteiger partial charge in [0, 0.05) is 17.6 Å². The molecule has 0 saturated heterocycles. The lowest BCUT2D eigenvalue weighted by atomic mass is 10.2. The highest BCUT2D eigenvalue weighted by atomic mass is 14.8. The molecule has 0 spiro atoms. The van der Waals surface area contributed by atoms with E-state index in [-0.39, 0.29) is 0 Å². The molecule has 0 fully saturated rings. The maximum atomic E-state index is 4.59. The Bertz CT molecular complexity index is 652. The predicted octanol–water partition coefficient (Wildman–Crippen LogP) is 3.36. The Hall–Kier alpha value is -2.29. The lowest BCUT2D eigenvalue weighted by molar-refractivity contribution is 1.24. The molecule has 2 N–H and O–H groups in total. The molecule has 2 aromatic rings. The number of H-pyrrole nitrogens is 2. The predicted molar refractivity (Wildman–Crippen MR) is 74.7 cm³/mol. The fourth-order valence-electron chi connectivity index (χ4n) is 2.15. The minimum absolute atomic E-state index is 0.976. The Morgan fingerprint density at radius 3 is 2.78 bits per heavy atom.